The van der Waals surface area contributed by atoms with Crippen molar-refractivity contribution in [1.82, 2.24) is 15.6 Å². The number of aromatic nitrogens is 1. The molecule has 0 radical (unpaired) electrons. The van der Waals surface area contributed by atoms with E-state index in [9.17, 15) is 8.78 Å². The highest BCUT2D eigenvalue weighted by molar-refractivity contribution is 7.09. The van der Waals surface area contributed by atoms with E-state index in [0.29, 0.717) is 29.7 Å². The van der Waals surface area contributed by atoms with Crippen molar-refractivity contribution in [3.63, 3.8) is 0 Å². The van der Waals surface area contributed by atoms with Gasteiger partial charge in [-0.05, 0) is 18.1 Å². The maximum atomic E-state index is 12.6. The molecule has 0 aliphatic rings. The first-order valence-corrected chi connectivity index (χ1v) is 9.31. The van der Waals surface area contributed by atoms with E-state index < -0.39 is 6.61 Å². The number of guanidine groups is 1. The molecule has 6 nitrogen and oxygen atoms in total. The van der Waals surface area contributed by atoms with Gasteiger partial charge in [-0.1, -0.05) is 13.8 Å². The number of ether oxygens (including phenoxy) is 2. The summed E-state index contributed by atoms with van der Waals surface area (Å²) in [6, 6.07) is 4.80. The predicted molar refractivity (Wildman–Crippen MR) is 103 cm³/mol. The molecule has 0 fully saturated rings. The van der Waals surface area contributed by atoms with Gasteiger partial charge in [-0.2, -0.15) is 8.78 Å². The van der Waals surface area contributed by atoms with Gasteiger partial charge in [0.2, 0.25) is 0 Å². The molecular weight excluding hydrogens is 374 g/mol. The minimum Gasteiger partial charge on any atom is -0.497 e. The molecule has 0 unspecified atom stereocenters. The van der Waals surface area contributed by atoms with Crippen LogP contribution in [0.2, 0.25) is 0 Å². The maximum Gasteiger partial charge on any atom is 0.387 e. The molecule has 0 bridgehead atoms. The molecule has 1 aromatic carbocycles. The fraction of sp³-hybridized carbons (Fsp3) is 0.444. The van der Waals surface area contributed by atoms with Gasteiger partial charge in [0.25, 0.3) is 0 Å². The van der Waals surface area contributed by atoms with Gasteiger partial charge in [0, 0.05) is 30.6 Å². The van der Waals surface area contributed by atoms with Crippen LogP contribution in [-0.2, 0) is 13.1 Å². The van der Waals surface area contributed by atoms with Crippen LogP contribution in [0.15, 0.2) is 28.6 Å². The van der Waals surface area contributed by atoms with Crippen LogP contribution in [0.3, 0.4) is 0 Å². The van der Waals surface area contributed by atoms with Crippen LogP contribution in [0.25, 0.3) is 0 Å². The maximum absolute atomic E-state index is 12.6. The number of halogens is 2. The molecule has 0 amide bonds. The van der Waals surface area contributed by atoms with Crippen molar-refractivity contribution < 1.29 is 18.3 Å². The Morgan fingerprint density at radius 1 is 1.26 bits per heavy atom. The number of alkyl halides is 2. The summed E-state index contributed by atoms with van der Waals surface area (Å²) in [5.74, 6) is 1.43. The van der Waals surface area contributed by atoms with Crippen molar-refractivity contribution in [2.75, 3.05) is 14.2 Å². The van der Waals surface area contributed by atoms with E-state index >= 15 is 0 Å². The molecule has 0 aliphatic carbocycles. The summed E-state index contributed by atoms with van der Waals surface area (Å²) in [4.78, 5) is 8.70. The molecule has 1 aromatic heterocycles. The summed E-state index contributed by atoms with van der Waals surface area (Å²) in [6.07, 6.45) is 0. The SMILES string of the molecule is CN=C(NCc1nc(C(C)C)cs1)NCc1ccc(OC)cc1OC(F)F. The molecule has 0 saturated heterocycles. The number of benzene rings is 1. The van der Waals surface area contributed by atoms with Gasteiger partial charge in [-0.25, -0.2) is 4.98 Å². The quantitative estimate of drug-likeness (QED) is 0.524. The van der Waals surface area contributed by atoms with E-state index in [1.807, 2.05) is 5.38 Å². The first-order chi connectivity index (χ1) is 12.9. The lowest BCUT2D eigenvalue weighted by Crippen LogP contribution is -2.36. The molecule has 2 N–H and O–H groups in total. The van der Waals surface area contributed by atoms with Gasteiger partial charge in [0.05, 0.1) is 19.3 Å². The molecule has 0 aliphatic heterocycles. The Balaban J connectivity index is 1.96. The average molecular weight is 398 g/mol. The molecular formula is C18H24F2N4O2S. The number of hydrogen-bond donors (Lipinski definition) is 2. The Morgan fingerprint density at radius 3 is 2.59 bits per heavy atom. The molecule has 2 rings (SSSR count). The number of hydrogen-bond acceptors (Lipinski definition) is 5. The zero-order valence-electron chi connectivity index (χ0n) is 15.8. The fourth-order valence-corrected chi connectivity index (χ4v) is 3.14. The summed E-state index contributed by atoms with van der Waals surface area (Å²) < 4.78 is 34.9. The highest BCUT2D eigenvalue weighted by Crippen LogP contribution is 2.26. The number of aliphatic imine (C=N–C) groups is 1. The summed E-state index contributed by atoms with van der Waals surface area (Å²) in [7, 11) is 3.11. The molecule has 0 spiro atoms. The summed E-state index contributed by atoms with van der Waals surface area (Å²) in [6.45, 7) is 2.08. The molecule has 0 atom stereocenters. The highest BCUT2D eigenvalue weighted by Gasteiger charge is 2.12. The van der Waals surface area contributed by atoms with E-state index in [0.717, 1.165) is 10.7 Å². The zero-order chi connectivity index (χ0) is 19.8. The molecule has 27 heavy (non-hydrogen) atoms. The van der Waals surface area contributed by atoms with Crippen LogP contribution < -0.4 is 20.1 Å². The van der Waals surface area contributed by atoms with Crippen molar-refractivity contribution in [3.05, 3.63) is 39.8 Å². The molecule has 9 heteroatoms. The summed E-state index contributed by atoms with van der Waals surface area (Å²) >= 11 is 1.58. The third kappa shape index (κ3) is 6.35. The summed E-state index contributed by atoms with van der Waals surface area (Å²) in [5.41, 5.74) is 1.63. The van der Waals surface area contributed by atoms with E-state index in [2.05, 4.69) is 39.2 Å². The zero-order valence-corrected chi connectivity index (χ0v) is 16.6. The normalized spacial score (nSPS) is 11.8. The van der Waals surface area contributed by atoms with Crippen LogP contribution in [0, 0.1) is 0 Å². The number of methoxy groups -OCH3 is 1. The van der Waals surface area contributed by atoms with Gasteiger partial charge >= 0.3 is 6.61 Å². The van der Waals surface area contributed by atoms with E-state index in [1.165, 1.54) is 13.2 Å². The Labute approximate surface area is 161 Å². The second-order valence-electron chi connectivity index (χ2n) is 5.95. The standard InChI is InChI=1S/C18H24F2N4O2S/c1-11(2)14-10-27-16(24-14)9-23-18(21-3)22-8-12-5-6-13(25-4)7-15(12)26-17(19)20/h5-7,10-11,17H,8-9H2,1-4H3,(H2,21,22,23). The topological polar surface area (TPSA) is 67.8 Å². The minimum absolute atomic E-state index is 0.0637. The Hall–Kier alpha value is -2.42. The third-order valence-electron chi connectivity index (χ3n) is 3.73. The lowest BCUT2D eigenvalue weighted by molar-refractivity contribution is -0.0505. The largest absolute Gasteiger partial charge is 0.497 e. The smallest absolute Gasteiger partial charge is 0.387 e. The minimum atomic E-state index is -2.91. The highest BCUT2D eigenvalue weighted by atomic mass is 32.1. The predicted octanol–water partition coefficient (Wildman–Crippen LogP) is 3.74. The van der Waals surface area contributed by atoms with Crippen molar-refractivity contribution in [2.24, 2.45) is 4.99 Å². The Morgan fingerprint density at radius 2 is 2.00 bits per heavy atom. The van der Waals surface area contributed by atoms with Crippen molar-refractivity contribution >= 4 is 17.3 Å². The monoisotopic (exact) mass is 398 g/mol. The average Bonchev–Trinajstić information content (AvgIpc) is 3.11. The molecule has 0 saturated carbocycles. The molecule has 148 valence electrons. The van der Waals surface area contributed by atoms with Gasteiger partial charge in [-0.15, -0.1) is 11.3 Å². The van der Waals surface area contributed by atoms with Gasteiger partial charge < -0.3 is 20.1 Å². The fourth-order valence-electron chi connectivity index (χ4n) is 2.24. The number of nitrogens with one attached hydrogen (secondary N) is 2. The Bertz CT molecular complexity index is 766. The number of thiazole rings is 1. The molecule has 2 aromatic rings. The van der Waals surface area contributed by atoms with Gasteiger partial charge in [-0.3, -0.25) is 4.99 Å². The van der Waals surface area contributed by atoms with Crippen molar-refractivity contribution in [3.8, 4) is 11.5 Å². The van der Waals surface area contributed by atoms with Crippen molar-refractivity contribution in [1.29, 1.82) is 0 Å². The van der Waals surface area contributed by atoms with Crippen molar-refractivity contribution in [2.45, 2.75) is 39.5 Å². The van der Waals surface area contributed by atoms with Crippen LogP contribution >= 0.6 is 11.3 Å². The van der Waals surface area contributed by atoms with Crippen LogP contribution in [-0.4, -0.2) is 31.7 Å². The van der Waals surface area contributed by atoms with Gasteiger partial charge in [0.15, 0.2) is 5.96 Å². The lowest BCUT2D eigenvalue weighted by atomic mass is 10.2. The summed E-state index contributed by atoms with van der Waals surface area (Å²) in [5, 5.41) is 9.25. The van der Waals surface area contributed by atoms with Crippen LogP contribution in [0.5, 0.6) is 11.5 Å². The first-order valence-electron chi connectivity index (χ1n) is 8.43. The van der Waals surface area contributed by atoms with Crippen LogP contribution in [0.1, 0.15) is 36.0 Å². The third-order valence-corrected chi connectivity index (χ3v) is 4.60. The van der Waals surface area contributed by atoms with E-state index in [4.69, 9.17) is 4.74 Å². The van der Waals surface area contributed by atoms with E-state index in [1.54, 1.807) is 30.5 Å². The van der Waals surface area contributed by atoms with Crippen LogP contribution in [0.4, 0.5) is 8.78 Å². The Kier molecular flexibility index (Phi) is 7.78. The second kappa shape index (κ2) is 10.1. The van der Waals surface area contributed by atoms with Gasteiger partial charge in [0.1, 0.15) is 16.5 Å². The number of nitrogens with zero attached hydrogens (tertiary/aromatic N) is 2. The van der Waals surface area contributed by atoms with E-state index in [-0.39, 0.29) is 12.3 Å². The lowest BCUT2D eigenvalue weighted by Gasteiger charge is -2.15. The number of rotatable bonds is 8. The molecule has 1 heterocycles. The second-order valence-corrected chi connectivity index (χ2v) is 6.89. The first kappa shape index (κ1) is 20.9.